The predicted octanol–water partition coefficient (Wildman–Crippen LogP) is 4.95. The first kappa shape index (κ1) is 20.3. The van der Waals surface area contributed by atoms with Crippen molar-refractivity contribution < 1.29 is 4.74 Å². The topological polar surface area (TPSA) is 15.7 Å². The molecule has 2 rings (SSSR count). The van der Waals surface area contributed by atoms with Gasteiger partial charge in [-0.15, -0.1) is 0 Å². The monoisotopic (exact) mass is 346 g/mol. The summed E-state index contributed by atoms with van der Waals surface area (Å²) in [5.41, 5.74) is 1.39. The number of ether oxygens (including phenoxy) is 1. The van der Waals surface area contributed by atoms with E-state index in [1.54, 1.807) is 0 Å². The van der Waals surface area contributed by atoms with Crippen molar-refractivity contribution in [3.8, 4) is 5.75 Å². The van der Waals surface area contributed by atoms with E-state index in [4.69, 9.17) is 4.74 Å². The lowest BCUT2D eigenvalue weighted by Crippen LogP contribution is -2.48. The molecule has 142 valence electrons. The maximum absolute atomic E-state index is 5.88. The molecule has 0 radical (unpaired) electrons. The number of rotatable bonds is 11. The van der Waals surface area contributed by atoms with Crippen molar-refractivity contribution in [3.63, 3.8) is 0 Å². The van der Waals surface area contributed by atoms with E-state index in [1.165, 1.54) is 70.3 Å². The molecule has 0 atom stereocenters. The van der Waals surface area contributed by atoms with Gasteiger partial charge in [0.1, 0.15) is 5.75 Å². The average Bonchev–Trinajstić information content (AvgIpc) is 2.63. The van der Waals surface area contributed by atoms with Crippen molar-refractivity contribution >= 4 is 0 Å². The summed E-state index contributed by atoms with van der Waals surface area (Å²) < 4.78 is 5.88. The average molecular weight is 347 g/mol. The second-order valence-corrected chi connectivity index (χ2v) is 7.67. The van der Waals surface area contributed by atoms with E-state index >= 15 is 0 Å². The molecule has 0 saturated carbocycles. The maximum atomic E-state index is 5.88. The zero-order chi connectivity index (χ0) is 17.9. The zero-order valence-electron chi connectivity index (χ0n) is 16.7. The summed E-state index contributed by atoms with van der Waals surface area (Å²) in [6, 6.07) is 9.40. The number of piperazine rings is 1. The molecule has 1 aromatic carbocycles. The van der Waals surface area contributed by atoms with Crippen molar-refractivity contribution in [2.24, 2.45) is 0 Å². The van der Waals surface area contributed by atoms with E-state index in [0.717, 1.165) is 18.9 Å². The Bertz CT molecular complexity index is 450. The number of hydrogen-bond acceptors (Lipinski definition) is 3. The quantitative estimate of drug-likeness (QED) is 0.527. The van der Waals surface area contributed by atoms with Crippen LogP contribution in [0.4, 0.5) is 0 Å². The summed E-state index contributed by atoms with van der Waals surface area (Å²) in [6.07, 6.45) is 7.87. The first-order chi connectivity index (χ1) is 12.2. The zero-order valence-corrected chi connectivity index (χ0v) is 16.7. The summed E-state index contributed by atoms with van der Waals surface area (Å²) in [6.45, 7) is 13.5. The first-order valence-corrected chi connectivity index (χ1v) is 10.4. The number of nitrogens with zero attached hydrogens (tertiary/aromatic N) is 2. The molecule has 0 unspecified atom stereocenters. The molecule has 0 amide bonds. The smallest absolute Gasteiger partial charge is 0.119 e. The van der Waals surface area contributed by atoms with Crippen molar-refractivity contribution in [2.45, 2.75) is 71.9 Å². The van der Waals surface area contributed by atoms with Crippen LogP contribution in [-0.4, -0.2) is 48.6 Å². The second-order valence-electron chi connectivity index (χ2n) is 7.67. The molecular weight excluding hydrogens is 308 g/mol. The molecule has 1 fully saturated rings. The Morgan fingerprint density at radius 2 is 1.52 bits per heavy atom. The van der Waals surface area contributed by atoms with Crippen LogP contribution in [0.2, 0.25) is 0 Å². The molecule has 1 aliphatic heterocycles. The summed E-state index contributed by atoms with van der Waals surface area (Å²) >= 11 is 0. The minimum absolute atomic E-state index is 0.672. The van der Waals surface area contributed by atoms with Gasteiger partial charge in [0, 0.05) is 38.8 Å². The van der Waals surface area contributed by atoms with E-state index in [9.17, 15) is 0 Å². The highest BCUT2D eigenvalue weighted by Gasteiger charge is 2.18. The third-order valence-corrected chi connectivity index (χ3v) is 5.23. The minimum atomic E-state index is 0.672. The van der Waals surface area contributed by atoms with Gasteiger partial charge in [-0.3, -0.25) is 9.80 Å². The van der Waals surface area contributed by atoms with Gasteiger partial charge < -0.3 is 4.74 Å². The molecule has 3 nitrogen and oxygen atoms in total. The molecule has 3 heteroatoms. The lowest BCUT2D eigenvalue weighted by molar-refractivity contribution is 0.104. The van der Waals surface area contributed by atoms with Crippen molar-refractivity contribution in [1.82, 2.24) is 9.80 Å². The summed E-state index contributed by atoms with van der Waals surface area (Å²) in [5.74, 6) is 1.02. The van der Waals surface area contributed by atoms with Gasteiger partial charge in [0.2, 0.25) is 0 Å². The standard InChI is InChI=1S/C22H38N2O/c1-4-5-6-7-8-9-18-25-22-12-10-21(11-13-22)19-23-14-16-24(17-15-23)20(2)3/h10-13,20H,4-9,14-19H2,1-3H3. The van der Waals surface area contributed by atoms with Crippen molar-refractivity contribution in [1.29, 1.82) is 0 Å². The van der Waals surface area contributed by atoms with Crippen molar-refractivity contribution in [2.75, 3.05) is 32.8 Å². The van der Waals surface area contributed by atoms with Crippen LogP contribution in [0.15, 0.2) is 24.3 Å². The molecule has 25 heavy (non-hydrogen) atoms. The summed E-state index contributed by atoms with van der Waals surface area (Å²) in [5, 5.41) is 0. The van der Waals surface area contributed by atoms with E-state index in [-0.39, 0.29) is 0 Å². The van der Waals surface area contributed by atoms with Crippen LogP contribution < -0.4 is 4.74 Å². The highest BCUT2D eigenvalue weighted by Crippen LogP contribution is 2.16. The fourth-order valence-electron chi connectivity index (χ4n) is 3.46. The number of unbranched alkanes of at least 4 members (excludes halogenated alkanes) is 5. The number of benzene rings is 1. The van der Waals surface area contributed by atoms with Crippen LogP contribution in [-0.2, 0) is 6.54 Å². The summed E-state index contributed by atoms with van der Waals surface area (Å²) in [7, 11) is 0. The van der Waals surface area contributed by atoms with Gasteiger partial charge >= 0.3 is 0 Å². The van der Waals surface area contributed by atoms with Crippen LogP contribution >= 0.6 is 0 Å². The molecular formula is C22H38N2O. The lowest BCUT2D eigenvalue weighted by atomic mass is 10.1. The van der Waals surface area contributed by atoms with E-state index in [0.29, 0.717) is 6.04 Å². The highest BCUT2D eigenvalue weighted by atomic mass is 16.5. The molecule has 0 N–H and O–H groups in total. The van der Waals surface area contributed by atoms with E-state index in [1.807, 2.05) is 0 Å². The second kappa shape index (κ2) is 11.5. The van der Waals surface area contributed by atoms with Crippen LogP contribution in [0.1, 0.15) is 64.9 Å². The Hall–Kier alpha value is -1.06. The number of hydrogen-bond donors (Lipinski definition) is 0. The Kier molecular flexibility index (Phi) is 9.35. The van der Waals surface area contributed by atoms with Crippen LogP contribution in [0, 0.1) is 0 Å². The molecule has 1 saturated heterocycles. The molecule has 0 aliphatic carbocycles. The third kappa shape index (κ3) is 7.79. The van der Waals surface area contributed by atoms with Gasteiger partial charge in [-0.05, 0) is 38.0 Å². The molecule has 0 bridgehead atoms. The van der Waals surface area contributed by atoms with Gasteiger partial charge in [-0.2, -0.15) is 0 Å². The first-order valence-electron chi connectivity index (χ1n) is 10.4. The molecule has 1 aromatic rings. The lowest BCUT2D eigenvalue weighted by Gasteiger charge is -2.36. The van der Waals surface area contributed by atoms with Gasteiger partial charge in [-0.1, -0.05) is 51.2 Å². The largest absolute Gasteiger partial charge is 0.494 e. The van der Waals surface area contributed by atoms with Crippen LogP contribution in [0.25, 0.3) is 0 Å². The van der Waals surface area contributed by atoms with Gasteiger partial charge in [0.05, 0.1) is 6.61 Å². The van der Waals surface area contributed by atoms with Crippen LogP contribution in [0.5, 0.6) is 5.75 Å². The Morgan fingerprint density at radius 1 is 0.880 bits per heavy atom. The van der Waals surface area contributed by atoms with Gasteiger partial charge in [0.25, 0.3) is 0 Å². The van der Waals surface area contributed by atoms with Gasteiger partial charge in [-0.25, -0.2) is 0 Å². The normalized spacial score (nSPS) is 16.5. The minimum Gasteiger partial charge on any atom is -0.494 e. The maximum Gasteiger partial charge on any atom is 0.119 e. The molecule has 0 spiro atoms. The predicted molar refractivity (Wildman–Crippen MR) is 107 cm³/mol. The van der Waals surface area contributed by atoms with Crippen molar-refractivity contribution in [3.05, 3.63) is 29.8 Å². The van der Waals surface area contributed by atoms with Gasteiger partial charge in [0.15, 0.2) is 0 Å². The Balaban J connectivity index is 1.61. The van der Waals surface area contributed by atoms with E-state index in [2.05, 4.69) is 54.8 Å². The summed E-state index contributed by atoms with van der Waals surface area (Å²) in [4.78, 5) is 5.13. The van der Waals surface area contributed by atoms with E-state index < -0.39 is 0 Å². The Morgan fingerprint density at radius 3 is 2.16 bits per heavy atom. The SMILES string of the molecule is CCCCCCCCOc1ccc(CN2CCN(C(C)C)CC2)cc1. The van der Waals surface area contributed by atoms with Crippen LogP contribution in [0.3, 0.4) is 0 Å². The highest BCUT2D eigenvalue weighted by molar-refractivity contribution is 5.27. The fraction of sp³-hybridized carbons (Fsp3) is 0.727. The third-order valence-electron chi connectivity index (χ3n) is 5.23. The fourth-order valence-corrected chi connectivity index (χ4v) is 3.46. The molecule has 1 heterocycles. The molecule has 0 aromatic heterocycles. The molecule has 1 aliphatic rings. The Labute approximate surface area is 155 Å².